The highest BCUT2D eigenvalue weighted by Gasteiger charge is 2.35. The quantitative estimate of drug-likeness (QED) is 0.160. The van der Waals surface area contributed by atoms with Crippen molar-refractivity contribution in [2.75, 3.05) is 0 Å². The average Bonchev–Trinajstić information content (AvgIpc) is 3.66. The van der Waals surface area contributed by atoms with Crippen molar-refractivity contribution in [3.63, 3.8) is 0 Å². The van der Waals surface area contributed by atoms with E-state index in [0.717, 1.165) is 55.2 Å². The van der Waals surface area contributed by atoms with E-state index in [-0.39, 0.29) is 27.8 Å². The van der Waals surface area contributed by atoms with Crippen LogP contribution in [0.5, 0.6) is 0 Å². The molecule has 3 aromatic heterocycles. The van der Waals surface area contributed by atoms with Gasteiger partial charge < -0.3 is 4.57 Å². The zero-order valence-corrected chi connectivity index (χ0v) is 38.2. The molecule has 0 saturated carbocycles. The van der Waals surface area contributed by atoms with Gasteiger partial charge in [0.1, 0.15) is 0 Å². The smallest absolute Gasteiger partial charge is 0.308 e. The molecule has 67 heavy (non-hydrogen) atoms. The van der Waals surface area contributed by atoms with Crippen LogP contribution in [0.4, 0.5) is 13.2 Å². The third kappa shape index (κ3) is 8.40. The number of fused-ring (bicyclic) bond motifs is 3. The lowest BCUT2D eigenvalue weighted by Crippen LogP contribution is -2.13. The minimum atomic E-state index is -4.77. The normalized spacial score (nSPS) is 12.3. The molecule has 10 rings (SSSR count). The fourth-order valence-electron chi connectivity index (χ4n) is 8.74. The fraction of sp³-hybridized carbons (Fsp3) is 0.153. The van der Waals surface area contributed by atoms with Gasteiger partial charge in [0.15, 0.2) is 11.6 Å². The maximum absolute atomic E-state index is 15.8. The van der Waals surface area contributed by atoms with Crippen LogP contribution >= 0.6 is 0 Å². The monoisotopic (exact) mass is 883 g/mol. The first-order chi connectivity index (χ1) is 32.1. The van der Waals surface area contributed by atoms with Gasteiger partial charge >= 0.3 is 6.18 Å². The Balaban J connectivity index is 1.43. The van der Waals surface area contributed by atoms with Gasteiger partial charge in [0.2, 0.25) is 0 Å². The second kappa shape index (κ2) is 16.6. The Labute approximate surface area is 388 Å². The Morgan fingerprint density at radius 3 is 1.15 bits per heavy atom. The molecule has 0 spiro atoms. The second-order valence-corrected chi connectivity index (χ2v) is 19.1. The fourth-order valence-corrected chi connectivity index (χ4v) is 8.74. The molecule has 0 N–H and O–H groups in total. The van der Waals surface area contributed by atoms with Crippen molar-refractivity contribution in [2.24, 2.45) is 0 Å². The van der Waals surface area contributed by atoms with Crippen molar-refractivity contribution in [1.82, 2.24) is 24.5 Å². The Bertz CT molecular complexity index is 3110. The summed E-state index contributed by atoms with van der Waals surface area (Å²) in [5.74, 6) is 0.514. The lowest BCUT2D eigenvalue weighted by molar-refractivity contribution is -0.137. The molecule has 10 aromatic rings. The maximum Gasteiger partial charge on any atom is 0.416 e. The zero-order chi connectivity index (χ0) is 46.7. The van der Waals surface area contributed by atoms with Crippen LogP contribution in [0.2, 0.25) is 0 Å². The topological polar surface area (TPSA) is 56.5 Å². The van der Waals surface area contributed by atoms with Gasteiger partial charge in [-0.15, -0.1) is 0 Å². The Morgan fingerprint density at radius 2 is 0.731 bits per heavy atom. The van der Waals surface area contributed by atoms with E-state index < -0.39 is 11.7 Å². The summed E-state index contributed by atoms with van der Waals surface area (Å²) in [5.41, 5.74) is 8.50. The van der Waals surface area contributed by atoms with Gasteiger partial charge in [0.05, 0.1) is 45.1 Å². The molecule has 0 aliphatic heterocycles. The van der Waals surface area contributed by atoms with Crippen molar-refractivity contribution in [3.8, 4) is 73.5 Å². The number of aromatic nitrogens is 5. The lowest BCUT2D eigenvalue weighted by atomic mass is 9.86. The van der Waals surface area contributed by atoms with Crippen molar-refractivity contribution in [3.05, 3.63) is 199 Å². The molecule has 0 fully saturated rings. The maximum atomic E-state index is 15.8. The average molecular weight is 884 g/mol. The summed E-state index contributed by atoms with van der Waals surface area (Å²) in [4.78, 5) is 20.7. The van der Waals surface area contributed by atoms with Gasteiger partial charge in [0, 0.05) is 44.2 Å². The highest BCUT2D eigenvalue weighted by atomic mass is 19.4. The lowest BCUT2D eigenvalue weighted by Gasteiger charge is -2.23. The van der Waals surface area contributed by atoms with Crippen LogP contribution in [0.25, 0.3) is 95.3 Å². The van der Waals surface area contributed by atoms with E-state index in [1.807, 2.05) is 127 Å². The largest absolute Gasteiger partial charge is 0.416 e. The van der Waals surface area contributed by atoms with Crippen molar-refractivity contribution < 1.29 is 13.2 Å². The molecular formula is C59H48F3N5. The van der Waals surface area contributed by atoms with Crippen LogP contribution in [0.3, 0.4) is 0 Å². The van der Waals surface area contributed by atoms with Crippen molar-refractivity contribution in [2.45, 2.75) is 58.5 Å². The summed E-state index contributed by atoms with van der Waals surface area (Å²) in [6.45, 7) is 13.0. The third-order valence-electron chi connectivity index (χ3n) is 12.4. The van der Waals surface area contributed by atoms with E-state index >= 15 is 13.2 Å². The van der Waals surface area contributed by atoms with Gasteiger partial charge in [0.25, 0.3) is 0 Å². The van der Waals surface area contributed by atoms with Crippen LogP contribution in [0.15, 0.2) is 182 Å². The van der Waals surface area contributed by atoms with Gasteiger partial charge in [-0.1, -0.05) is 187 Å². The summed E-state index contributed by atoms with van der Waals surface area (Å²) >= 11 is 0. The number of alkyl halides is 3. The summed E-state index contributed by atoms with van der Waals surface area (Å²) in [5, 5.41) is 1.92. The zero-order valence-electron chi connectivity index (χ0n) is 38.2. The van der Waals surface area contributed by atoms with Crippen LogP contribution in [0, 0.1) is 0 Å². The molecule has 0 unspecified atom stereocenters. The predicted molar refractivity (Wildman–Crippen MR) is 267 cm³/mol. The molecule has 0 atom stereocenters. The standard InChI is InChI=1S/C59H48F3N5/c1-57(2,3)41-27-29-44-45-30-28-42(58(4,5)6)34-53(45)67(52(44)33-41)54-46(51-36-50(39-23-15-9-16-24-39)63-55(66-51)40-25-17-10-18-26-40)31-43(59(60,61)62)32-47(54)56-64-48(37-19-11-7-12-20-37)35-49(65-56)38-21-13-8-14-22-38/h7-36H,1-6H3. The van der Waals surface area contributed by atoms with E-state index in [0.29, 0.717) is 34.3 Å². The Hall–Kier alpha value is -7.71. The molecule has 3 heterocycles. The van der Waals surface area contributed by atoms with E-state index in [2.05, 4.69) is 82.5 Å². The number of hydrogen-bond acceptors (Lipinski definition) is 4. The summed E-state index contributed by atoms with van der Waals surface area (Å²) in [6, 6.07) is 57.7. The SMILES string of the molecule is CC(C)(C)c1ccc2c3ccc(C(C)(C)C)cc3n(-c3c(-c4cc(-c5ccccc5)nc(-c5ccccc5)n4)cc(C(F)(F)F)cc3-c3nc(-c4ccccc4)cc(-c4ccccc4)n3)c2c1. The van der Waals surface area contributed by atoms with E-state index in [1.165, 1.54) is 12.1 Å². The van der Waals surface area contributed by atoms with E-state index in [4.69, 9.17) is 19.9 Å². The number of halogens is 3. The van der Waals surface area contributed by atoms with Crippen LogP contribution in [-0.4, -0.2) is 24.5 Å². The van der Waals surface area contributed by atoms with Gasteiger partial charge in [-0.05, 0) is 58.4 Å². The molecule has 5 nitrogen and oxygen atoms in total. The van der Waals surface area contributed by atoms with Gasteiger partial charge in [-0.25, -0.2) is 19.9 Å². The first kappa shape index (κ1) is 43.2. The van der Waals surface area contributed by atoms with Gasteiger partial charge in [-0.2, -0.15) is 13.2 Å². The minimum Gasteiger partial charge on any atom is -0.308 e. The first-order valence-electron chi connectivity index (χ1n) is 22.5. The summed E-state index contributed by atoms with van der Waals surface area (Å²) < 4.78 is 49.6. The molecule has 8 heteroatoms. The molecule has 330 valence electrons. The molecule has 0 aliphatic rings. The molecule has 0 amide bonds. The summed E-state index contributed by atoms with van der Waals surface area (Å²) in [7, 11) is 0. The minimum absolute atomic E-state index is 0.136. The second-order valence-electron chi connectivity index (χ2n) is 19.1. The van der Waals surface area contributed by atoms with Crippen molar-refractivity contribution in [1.29, 1.82) is 0 Å². The first-order valence-corrected chi connectivity index (χ1v) is 22.5. The number of rotatable bonds is 7. The number of benzene rings is 7. The van der Waals surface area contributed by atoms with Crippen molar-refractivity contribution >= 4 is 21.8 Å². The highest BCUT2D eigenvalue weighted by molar-refractivity contribution is 6.11. The summed E-state index contributed by atoms with van der Waals surface area (Å²) in [6.07, 6.45) is -4.77. The van der Waals surface area contributed by atoms with Crippen LogP contribution < -0.4 is 0 Å². The molecule has 0 bridgehead atoms. The predicted octanol–water partition coefficient (Wildman–Crippen LogP) is 16.0. The number of nitrogens with zero attached hydrogens (tertiary/aromatic N) is 5. The van der Waals surface area contributed by atoms with Crippen LogP contribution in [0.1, 0.15) is 58.2 Å². The van der Waals surface area contributed by atoms with Crippen LogP contribution in [-0.2, 0) is 17.0 Å². The molecule has 7 aromatic carbocycles. The highest BCUT2D eigenvalue weighted by Crippen LogP contribution is 2.46. The molecule has 0 radical (unpaired) electrons. The Kier molecular flexibility index (Phi) is 10.7. The molecule has 0 saturated heterocycles. The van der Waals surface area contributed by atoms with E-state index in [9.17, 15) is 0 Å². The van der Waals surface area contributed by atoms with E-state index in [1.54, 1.807) is 6.07 Å². The molecular weight excluding hydrogens is 836 g/mol. The number of hydrogen-bond donors (Lipinski definition) is 0. The Morgan fingerprint density at radius 1 is 0.358 bits per heavy atom. The van der Waals surface area contributed by atoms with Gasteiger partial charge in [-0.3, -0.25) is 0 Å². The molecule has 0 aliphatic carbocycles. The third-order valence-corrected chi connectivity index (χ3v) is 12.4.